The van der Waals surface area contributed by atoms with Crippen molar-refractivity contribution in [2.24, 2.45) is 0 Å². The minimum absolute atomic E-state index is 0.852. The van der Waals surface area contributed by atoms with Gasteiger partial charge in [-0.3, -0.25) is 4.98 Å². The fraction of sp³-hybridized carbons (Fsp3) is 0.300. The molecule has 1 rings (SSSR count). The van der Waals surface area contributed by atoms with Crippen molar-refractivity contribution in [3.05, 3.63) is 36.7 Å². The molecule has 1 heterocycles. The van der Waals surface area contributed by atoms with E-state index in [9.17, 15) is 0 Å². The summed E-state index contributed by atoms with van der Waals surface area (Å²) < 4.78 is 0. The van der Waals surface area contributed by atoms with Crippen molar-refractivity contribution < 1.29 is 0 Å². The van der Waals surface area contributed by atoms with Gasteiger partial charge in [-0.25, -0.2) is 0 Å². The summed E-state index contributed by atoms with van der Waals surface area (Å²) in [6.07, 6.45) is 3.75. The molecule has 1 aromatic rings. The van der Waals surface area contributed by atoms with Crippen molar-refractivity contribution in [1.82, 2.24) is 4.98 Å². The molecule has 0 aliphatic rings. The molecule has 0 N–H and O–H groups in total. The Kier molecular flexibility index (Phi) is 2.86. The number of pyridine rings is 1. The maximum absolute atomic E-state index is 4.21. The van der Waals surface area contributed by atoms with Crippen LogP contribution in [0.25, 0.3) is 0 Å². The zero-order valence-corrected chi connectivity index (χ0v) is 7.62. The van der Waals surface area contributed by atoms with Gasteiger partial charge < -0.3 is 4.90 Å². The normalized spacial score (nSPS) is 9.50. The second-order valence-electron chi connectivity index (χ2n) is 2.83. The molecule has 0 unspecified atom stereocenters. The minimum atomic E-state index is 0.852. The Hall–Kier alpha value is -1.31. The Balaban J connectivity index is 2.74. The van der Waals surface area contributed by atoms with Crippen molar-refractivity contribution >= 4 is 5.69 Å². The number of aromatic nitrogens is 1. The average Bonchev–Trinajstić information content (AvgIpc) is 2.06. The van der Waals surface area contributed by atoms with E-state index in [-0.39, 0.29) is 0 Å². The van der Waals surface area contributed by atoms with Crippen LogP contribution >= 0.6 is 0 Å². The van der Waals surface area contributed by atoms with Gasteiger partial charge in [0.1, 0.15) is 0 Å². The topological polar surface area (TPSA) is 16.1 Å². The van der Waals surface area contributed by atoms with Crippen LogP contribution in [0.15, 0.2) is 31.0 Å². The Labute approximate surface area is 73.5 Å². The van der Waals surface area contributed by atoms with E-state index in [1.807, 2.05) is 32.3 Å². The fourth-order valence-electron chi connectivity index (χ4n) is 0.985. The van der Waals surface area contributed by atoms with Gasteiger partial charge in [0.2, 0.25) is 0 Å². The van der Waals surface area contributed by atoms with E-state index in [1.54, 1.807) is 0 Å². The van der Waals surface area contributed by atoms with Gasteiger partial charge in [0.15, 0.2) is 0 Å². The van der Waals surface area contributed by atoms with Crippen molar-refractivity contribution in [2.75, 3.05) is 18.5 Å². The molecule has 2 nitrogen and oxygen atoms in total. The SMILES string of the molecule is C=CCN(C)c1ccc(C)nc1. The second-order valence-corrected chi connectivity index (χ2v) is 2.83. The van der Waals surface area contributed by atoms with Crippen LogP contribution in [-0.4, -0.2) is 18.6 Å². The summed E-state index contributed by atoms with van der Waals surface area (Å²) >= 11 is 0. The van der Waals surface area contributed by atoms with Crippen LogP contribution in [0.1, 0.15) is 5.69 Å². The van der Waals surface area contributed by atoms with Gasteiger partial charge in [-0.2, -0.15) is 0 Å². The lowest BCUT2D eigenvalue weighted by Gasteiger charge is -2.16. The Morgan fingerprint density at radius 1 is 1.58 bits per heavy atom. The van der Waals surface area contributed by atoms with Crippen molar-refractivity contribution in [2.45, 2.75) is 6.92 Å². The summed E-state index contributed by atoms with van der Waals surface area (Å²) in [6, 6.07) is 4.07. The Bertz CT molecular complexity index is 251. The van der Waals surface area contributed by atoms with E-state index in [1.165, 1.54) is 0 Å². The predicted molar refractivity (Wildman–Crippen MR) is 52.4 cm³/mol. The molecular formula is C10H14N2. The molecule has 0 spiro atoms. The highest BCUT2D eigenvalue weighted by atomic mass is 15.1. The van der Waals surface area contributed by atoms with Crippen LogP contribution in [-0.2, 0) is 0 Å². The summed E-state index contributed by atoms with van der Waals surface area (Å²) in [6.45, 7) is 6.52. The Morgan fingerprint density at radius 3 is 2.83 bits per heavy atom. The number of rotatable bonds is 3. The minimum Gasteiger partial charge on any atom is -0.370 e. The highest BCUT2D eigenvalue weighted by Crippen LogP contribution is 2.09. The number of aryl methyl sites for hydroxylation is 1. The lowest BCUT2D eigenvalue weighted by Crippen LogP contribution is -2.16. The molecule has 2 heteroatoms. The van der Waals surface area contributed by atoms with E-state index in [0.29, 0.717) is 0 Å². The summed E-state index contributed by atoms with van der Waals surface area (Å²) in [5.41, 5.74) is 2.17. The summed E-state index contributed by atoms with van der Waals surface area (Å²) in [5, 5.41) is 0. The van der Waals surface area contributed by atoms with Crippen LogP contribution in [0.3, 0.4) is 0 Å². The molecule has 0 atom stereocenters. The van der Waals surface area contributed by atoms with Crippen LogP contribution in [0.4, 0.5) is 5.69 Å². The molecule has 0 bridgehead atoms. The fourth-order valence-corrected chi connectivity index (χ4v) is 0.985. The predicted octanol–water partition coefficient (Wildman–Crippen LogP) is 2.01. The van der Waals surface area contributed by atoms with Gasteiger partial charge in [-0.1, -0.05) is 6.08 Å². The quantitative estimate of drug-likeness (QED) is 0.632. The first-order valence-electron chi connectivity index (χ1n) is 3.98. The summed E-state index contributed by atoms with van der Waals surface area (Å²) in [5.74, 6) is 0. The molecule has 0 radical (unpaired) electrons. The number of hydrogen-bond donors (Lipinski definition) is 0. The zero-order chi connectivity index (χ0) is 8.97. The van der Waals surface area contributed by atoms with Crippen LogP contribution in [0.5, 0.6) is 0 Å². The van der Waals surface area contributed by atoms with Gasteiger partial charge in [-0.15, -0.1) is 6.58 Å². The van der Waals surface area contributed by atoms with Crippen LogP contribution < -0.4 is 4.90 Å². The molecule has 0 saturated heterocycles. The third kappa shape index (κ3) is 2.09. The maximum Gasteiger partial charge on any atom is 0.0553 e. The molecule has 0 saturated carbocycles. The van der Waals surface area contributed by atoms with E-state index in [2.05, 4.69) is 22.5 Å². The zero-order valence-electron chi connectivity index (χ0n) is 7.62. The number of hydrogen-bond acceptors (Lipinski definition) is 2. The third-order valence-electron chi connectivity index (χ3n) is 1.74. The largest absolute Gasteiger partial charge is 0.370 e. The van der Waals surface area contributed by atoms with Gasteiger partial charge in [-0.05, 0) is 19.1 Å². The summed E-state index contributed by atoms with van der Waals surface area (Å²) in [4.78, 5) is 6.30. The molecule has 0 aliphatic heterocycles. The summed E-state index contributed by atoms with van der Waals surface area (Å²) in [7, 11) is 2.02. The molecule has 0 amide bonds. The van der Waals surface area contributed by atoms with E-state index in [4.69, 9.17) is 0 Å². The van der Waals surface area contributed by atoms with E-state index < -0.39 is 0 Å². The molecule has 12 heavy (non-hydrogen) atoms. The highest BCUT2D eigenvalue weighted by Gasteiger charge is 1.96. The molecule has 0 fully saturated rings. The molecule has 64 valence electrons. The number of anilines is 1. The standard InChI is InChI=1S/C10H14N2/c1-4-7-12(3)10-6-5-9(2)11-8-10/h4-6,8H,1,7H2,2-3H3. The van der Waals surface area contributed by atoms with Crippen LogP contribution in [0.2, 0.25) is 0 Å². The van der Waals surface area contributed by atoms with E-state index >= 15 is 0 Å². The smallest absolute Gasteiger partial charge is 0.0553 e. The first kappa shape index (κ1) is 8.78. The monoisotopic (exact) mass is 162 g/mol. The molecule has 1 aromatic heterocycles. The molecular weight excluding hydrogens is 148 g/mol. The van der Waals surface area contributed by atoms with Crippen molar-refractivity contribution in [1.29, 1.82) is 0 Å². The lowest BCUT2D eigenvalue weighted by atomic mass is 10.3. The first-order chi connectivity index (χ1) is 5.74. The lowest BCUT2D eigenvalue weighted by molar-refractivity contribution is 1.02. The van der Waals surface area contributed by atoms with Gasteiger partial charge >= 0.3 is 0 Å². The van der Waals surface area contributed by atoms with Gasteiger partial charge in [0.25, 0.3) is 0 Å². The van der Waals surface area contributed by atoms with Gasteiger partial charge in [0.05, 0.1) is 11.9 Å². The number of likely N-dealkylation sites (N-methyl/N-ethyl adjacent to an activating group) is 1. The maximum atomic E-state index is 4.21. The number of nitrogens with zero attached hydrogens (tertiary/aromatic N) is 2. The van der Waals surface area contributed by atoms with Crippen molar-refractivity contribution in [3.8, 4) is 0 Å². The third-order valence-corrected chi connectivity index (χ3v) is 1.74. The molecule has 0 aromatic carbocycles. The highest BCUT2D eigenvalue weighted by molar-refractivity contribution is 5.43. The molecule has 0 aliphatic carbocycles. The first-order valence-corrected chi connectivity index (χ1v) is 3.98. The second kappa shape index (κ2) is 3.90. The Morgan fingerprint density at radius 2 is 2.33 bits per heavy atom. The van der Waals surface area contributed by atoms with E-state index in [0.717, 1.165) is 17.9 Å². The average molecular weight is 162 g/mol. The van der Waals surface area contributed by atoms with Gasteiger partial charge in [0, 0.05) is 19.3 Å². The van der Waals surface area contributed by atoms with Crippen molar-refractivity contribution in [3.63, 3.8) is 0 Å². The van der Waals surface area contributed by atoms with Crippen LogP contribution in [0, 0.1) is 6.92 Å².